The van der Waals surface area contributed by atoms with Gasteiger partial charge >= 0.3 is 12.3 Å². The van der Waals surface area contributed by atoms with E-state index in [9.17, 15) is 23.1 Å². The molecule has 1 amide bonds. The molecule has 0 radical (unpaired) electrons. The Kier molecular flexibility index (Phi) is 9.17. The number of aliphatic hydroxyl groups is 1. The molecule has 3 aromatic rings. The van der Waals surface area contributed by atoms with Crippen LogP contribution in [-0.2, 0) is 10.9 Å². The number of ether oxygens (including phenoxy) is 2. The lowest BCUT2D eigenvalue weighted by atomic mass is 9.98. The molecule has 0 spiro atoms. The van der Waals surface area contributed by atoms with Crippen molar-refractivity contribution in [1.29, 1.82) is 0 Å². The van der Waals surface area contributed by atoms with Gasteiger partial charge < -0.3 is 30.1 Å². The zero-order chi connectivity index (χ0) is 29.8. The summed E-state index contributed by atoms with van der Waals surface area (Å²) in [7, 11) is 0. The molecule has 4 rings (SSSR count). The van der Waals surface area contributed by atoms with Gasteiger partial charge in [-0.1, -0.05) is 0 Å². The van der Waals surface area contributed by atoms with E-state index in [0.29, 0.717) is 53.7 Å². The quantitative estimate of drug-likeness (QED) is 0.286. The number of anilines is 3. The van der Waals surface area contributed by atoms with Crippen LogP contribution in [0.1, 0.15) is 56.8 Å². The Morgan fingerprint density at radius 2 is 1.88 bits per heavy atom. The molecular weight excluding hydrogens is 563 g/mol. The highest BCUT2D eigenvalue weighted by Crippen LogP contribution is 2.34. The minimum absolute atomic E-state index is 0.0776. The van der Waals surface area contributed by atoms with Crippen molar-refractivity contribution in [1.82, 2.24) is 24.2 Å². The van der Waals surface area contributed by atoms with Gasteiger partial charge in [-0.05, 0) is 64.1 Å². The fourth-order valence-electron chi connectivity index (χ4n) is 4.04. The molecule has 1 saturated heterocycles. The minimum atomic E-state index is -4.59. The molecule has 3 aromatic heterocycles. The van der Waals surface area contributed by atoms with Crippen molar-refractivity contribution in [2.24, 2.45) is 5.92 Å². The maximum Gasteiger partial charge on any atom is 0.434 e. The Morgan fingerprint density at radius 3 is 2.46 bits per heavy atom. The summed E-state index contributed by atoms with van der Waals surface area (Å²) in [6, 6.07) is 3.39. The lowest BCUT2D eigenvalue weighted by Gasteiger charge is -2.33. The number of piperidine rings is 1. The number of aliphatic hydroxyl groups excluding tert-OH is 1. The number of nitrogens with zero attached hydrogens (tertiary/aromatic N) is 5. The molecule has 1 unspecified atom stereocenters. The number of carbonyl (C=O) groups excluding carboxylic acids is 1. The molecule has 3 N–H and O–H groups in total. The minimum Gasteiger partial charge on any atom is -0.477 e. The SMILES string of the molecule is Cc1nsc(Nc2cnc(C(F)(F)F)cn2)c1C(O)Nc1ccc(OCC2CCN(C(=O)OC(C)(C)C)CC2)nc1. The lowest BCUT2D eigenvalue weighted by molar-refractivity contribution is -0.141. The van der Waals surface area contributed by atoms with Crippen LogP contribution in [0.15, 0.2) is 30.7 Å². The Balaban J connectivity index is 1.28. The van der Waals surface area contributed by atoms with Gasteiger partial charge in [0, 0.05) is 19.2 Å². The second-order valence-electron chi connectivity index (χ2n) is 10.6. The van der Waals surface area contributed by atoms with Crippen LogP contribution in [0.2, 0.25) is 0 Å². The molecule has 222 valence electrons. The van der Waals surface area contributed by atoms with E-state index in [4.69, 9.17) is 9.47 Å². The summed E-state index contributed by atoms with van der Waals surface area (Å²) in [6.07, 6.45) is -1.36. The van der Waals surface area contributed by atoms with Gasteiger partial charge in [0.25, 0.3) is 0 Å². The number of amides is 1. The summed E-state index contributed by atoms with van der Waals surface area (Å²) in [4.78, 5) is 25.4. The number of nitrogens with one attached hydrogen (secondary N) is 2. The Morgan fingerprint density at radius 1 is 1.15 bits per heavy atom. The first-order chi connectivity index (χ1) is 19.3. The number of aromatic nitrogens is 4. The van der Waals surface area contributed by atoms with Gasteiger partial charge in [0.2, 0.25) is 5.88 Å². The van der Waals surface area contributed by atoms with Crippen molar-refractivity contribution in [3.05, 3.63) is 47.7 Å². The maximum absolute atomic E-state index is 12.8. The van der Waals surface area contributed by atoms with E-state index in [2.05, 4.69) is 30.0 Å². The molecule has 1 aliphatic heterocycles. The number of rotatable bonds is 8. The predicted octanol–water partition coefficient (Wildman–Crippen LogP) is 5.53. The monoisotopic (exact) mass is 595 g/mol. The first kappa shape index (κ1) is 30.2. The van der Waals surface area contributed by atoms with Crippen LogP contribution in [0.4, 0.5) is 34.5 Å². The van der Waals surface area contributed by atoms with Gasteiger partial charge in [-0.3, -0.25) is 0 Å². The van der Waals surface area contributed by atoms with Crippen molar-refractivity contribution < 1.29 is 32.5 Å². The molecule has 0 saturated carbocycles. The zero-order valence-corrected chi connectivity index (χ0v) is 23.8. The maximum atomic E-state index is 12.8. The molecule has 1 fully saturated rings. The fraction of sp³-hybridized carbons (Fsp3) is 0.500. The van der Waals surface area contributed by atoms with E-state index in [1.165, 1.54) is 6.20 Å². The Labute approximate surface area is 239 Å². The highest BCUT2D eigenvalue weighted by atomic mass is 32.1. The molecule has 0 aromatic carbocycles. The van der Waals surface area contributed by atoms with E-state index in [-0.39, 0.29) is 17.8 Å². The average molecular weight is 596 g/mol. The van der Waals surface area contributed by atoms with Crippen molar-refractivity contribution in [2.75, 3.05) is 30.3 Å². The molecule has 0 aliphatic carbocycles. The van der Waals surface area contributed by atoms with Crippen LogP contribution < -0.4 is 15.4 Å². The number of carbonyl (C=O) groups is 1. The van der Waals surface area contributed by atoms with E-state index in [1.807, 2.05) is 20.8 Å². The Hall–Kier alpha value is -3.72. The molecule has 0 bridgehead atoms. The number of alkyl halides is 3. The average Bonchev–Trinajstić information content (AvgIpc) is 3.27. The first-order valence-corrected chi connectivity index (χ1v) is 13.7. The van der Waals surface area contributed by atoms with Crippen molar-refractivity contribution in [2.45, 2.75) is 58.5 Å². The van der Waals surface area contributed by atoms with Crippen molar-refractivity contribution in [3.8, 4) is 5.88 Å². The standard InChI is InChI=1S/C26H32F3N7O4S/c1-15-21(23(41-35-15)34-19-13-30-18(12-31-19)26(27,28)29)22(37)33-17-5-6-20(32-11-17)39-14-16-7-9-36(10-8-16)24(38)40-25(2,3)4/h5-6,11-13,16,22,33,37H,7-10,14H2,1-4H3,(H,31,34). The molecule has 11 nitrogen and oxygen atoms in total. The summed E-state index contributed by atoms with van der Waals surface area (Å²) in [5.74, 6) is 0.787. The van der Waals surface area contributed by atoms with Gasteiger partial charge in [-0.15, -0.1) is 0 Å². The van der Waals surface area contributed by atoms with Crippen LogP contribution in [0.5, 0.6) is 5.88 Å². The third-order valence-corrected chi connectivity index (χ3v) is 7.01. The smallest absolute Gasteiger partial charge is 0.434 e. The van der Waals surface area contributed by atoms with Gasteiger partial charge in [-0.25, -0.2) is 19.7 Å². The molecule has 41 heavy (non-hydrogen) atoms. The van der Waals surface area contributed by atoms with Crippen LogP contribution >= 0.6 is 11.5 Å². The number of hydrogen-bond donors (Lipinski definition) is 3. The molecule has 4 heterocycles. The van der Waals surface area contributed by atoms with Crippen molar-refractivity contribution >= 4 is 34.1 Å². The second kappa shape index (κ2) is 12.4. The predicted molar refractivity (Wildman–Crippen MR) is 146 cm³/mol. The Bertz CT molecular complexity index is 1310. The molecular formula is C26H32F3N7O4S. The summed E-state index contributed by atoms with van der Waals surface area (Å²) in [5, 5.41) is 17.1. The van der Waals surface area contributed by atoms with E-state index < -0.39 is 23.7 Å². The number of hydrogen-bond acceptors (Lipinski definition) is 11. The lowest BCUT2D eigenvalue weighted by Crippen LogP contribution is -2.42. The van der Waals surface area contributed by atoms with Gasteiger partial charge in [0.05, 0.1) is 42.1 Å². The normalized spacial score (nSPS) is 15.4. The van der Waals surface area contributed by atoms with E-state index in [0.717, 1.165) is 30.6 Å². The molecule has 1 atom stereocenters. The number of likely N-dealkylation sites (tertiary alicyclic amines) is 1. The zero-order valence-electron chi connectivity index (χ0n) is 23.0. The number of pyridine rings is 1. The number of halogens is 3. The highest BCUT2D eigenvalue weighted by molar-refractivity contribution is 7.10. The summed E-state index contributed by atoms with van der Waals surface area (Å²) in [5.41, 5.74) is -0.170. The molecule has 15 heteroatoms. The third-order valence-electron chi connectivity index (χ3n) is 6.14. The van der Waals surface area contributed by atoms with Gasteiger partial charge in [0.15, 0.2) is 11.9 Å². The number of aryl methyl sites for hydroxylation is 1. The first-order valence-electron chi connectivity index (χ1n) is 12.9. The fourth-order valence-corrected chi connectivity index (χ4v) is 4.87. The van der Waals surface area contributed by atoms with Crippen LogP contribution in [-0.4, -0.2) is 60.7 Å². The van der Waals surface area contributed by atoms with Gasteiger partial charge in [0.1, 0.15) is 16.4 Å². The highest BCUT2D eigenvalue weighted by Gasteiger charge is 2.33. The second-order valence-corrected chi connectivity index (χ2v) is 11.3. The van der Waals surface area contributed by atoms with Crippen LogP contribution in [0.3, 0.4) is 0 Å². The summed E-state index contributed by atoms with van der Waals surface area (Å²) >= 11 is 1.03. The van der Waals surface area contributed by atoms with Crippen LogP contribution in [0.25, 0.3) is 0 Å². The topological polar surface area (TPSA) is 135 Å². The van der Waals surface area contributed by atoms with E-state index >= 15 is 0 Å². The summed E-state index contributed by atoms with van der Waals surface area (Å²) in [6.45, 7) is 8.92. The van der Waals surface area contributed by atoms with Crippen molar-refractivity contribution in [3.63, 3.8) is 0 Å². The largest absolute Gasteiger partial charge is 0.477 e. The third kappa shape index (κ3) is 8.39. The van der Waals surface area contributed by atoms with E-state index in [1.54, 1.807) is 24.0 Å². The molecule has 1 aliphatic rings. The van der Waals surface area contributed by atoms with Crippen LogP contribution in [0, 0.1) is 12.8 Å². The van der Waals surface area contributed by atoms with Gasteiger partial charge in [-0.2, -0.15) is 17.5 Å². The summed E-state index contributed by atoms with van der Waals surface area (Å²) < 4.78 is 53.8.